The number of fused-ring (bicyclic) bond motifs is 1. The van der Waals surface area contributed by atoms with Gasteiger partial charge < -0.3 is 20.7 Å². The van der Waals surface area contributed by atoms with Crippen molar-refractivity contribution in [1.82, 2.24) is 4.90 Å². The van der Waals surface area contributed by atoms with Crippen LogP contribution in [0.25, 0.3) is 0 Å². The first-order valence-electron chi connectivity index (χ1n) is 7.70. The third-order valence-corrected chi connectivity index (χ3v) is 4.41. The molecule has 3 unspecified atom stereocenters. The maximum Gasteiger partial charge on any atom is 0.322 e. The Morgan fingerprint density at radius 1 is 1.48 bits per heavy atom. The second-order valence-electron chi connectivity index (χ2n) is 5.95. The summed E-state index contributed by atoms with van der Waals surface area (Å²) >= 11 is 0. The molecule has 3 N–H and O–H groups in total. The monoisotopic (exact) mass is 289 g/mol. The minimum absolute atomic E-state index is 0.0305. The number of benzene rings is 1. The van der Waals surface area contributed by atoms with Crippen molar-refractivity contribution in [2.24, 2.45) is 5.73 Å². The Hall–Kier alpha value is -1.59. The molecule has 2 fully saturated rings. The summed E-state index contributed by atoms with van der Waals surface area (Å²) in [6.45, 7) is 3.24. The molecule has 1 aliphatic heterocycles. The minimum atomic E-state index is -0.0375. The van der Waals surface area contributed by atoms with Crippen molar-refractivity contribution < 1.29 is 9.53 Å². The average Bonchev–Trinajstić information content (AvgIpc) is 2.95. The molecule has 1 aliphatic carbocycles. The van der Waals surface area contributed by atoms with Crippen LogP contribution in [-0.2, 0) is 4.74 Å². The van der Waals surface area contributed by atoms with E-state index in [2.05, 4.69) is 5.32 Å². The number of urea groups is 1. The number of anilines is 1. The summed E-state index contributed by atoms with van der Waals surface area (Å²) in [7, 11) is 0. The molecule has 0 bridgehead atoms. The number of rotatable bonds is 2. The molecule has 2 amide bonds. The van der Waals surface area contributed by atoms with E-state index in [0.29, 0.717) is 13.2 Å². The first kappa shape index (κ1) is 14.4. The Morgan fingerprint density at radius 2 is 2.33 bits per heavy atom. The quantitative estimate of drug-likeness (QED) is 0.879. The lowest BCUT2D eigenvalue weighted by molar-refractivity contribution is -0.0362. The van der Waals surface area contributed by atoms with Gasteiger partial charge in [-0.3, -0.25) is 0 Å². The topological polar surface area (TPSA) is 67.6 Å². The fourth-order valence-electron chi connectivity index (χ4n) is 3.27. The van der Waals surface area contributed by atoms with E-state index in [1.54, 1.807) is 0 Å². The van der Waals surface area contributed by atoms with Gasteiger partial charge in [0.15, 0.2) is 0 Å². The molecule has 3 atom stereocenters. The van der Waals surface area contributed by atoms with Gasteiger partial charge in [0.2, 0.25) is 0 Å². The second kappa shape index (κ2) is 6.03. The normalized spacial score (nSPS) is 26.3. The molecule has 1 aromatic carbocycles. The standard InChI is InChI=1S/C16H23N3O2/c1-11(17)12-4-2-5-13(10-12)18-16(20)19-8-9-21-15-7-3-6-14(15)19/h2,4-5,10-11,14-15H,3,6-9,17H2,1H3,(H,18,20). The van der Waals surface area contributed by atoms with Crippen LogP contribution in [0.5, 0.6) is 0 Å². The van der Waals surface area contributed by atoms with Crippen LogP contribution in [0.4, 0.5) is 10.5 Å². The van der Waals surface area contributed by atoms with Crippen LogP contribution < -0.4 is 11.1 Å². The van der Waals surface area contributed by atoms with Crippen LogP contribution in [0, 0.1) is 0 Å². The number of nitrogens with zero attached hydrogens (tertiary/aromatic N) is 1. The molecule has 0 radical (unpaired) electrons. The van der Waals surface area contributed by atoms with E-state index in [4.69, 9.17) is 10.5 Å². The fourth-order valence-corrected chi connectivity index (χ4v) is 3.27. The number of nitrogens with one attached hydrogen (secondary N) is 1. The molecule has 21 heavy (non-hydrogen) atoms. The molecule has 1 saturated carbocycles. The van der Waals surface area contributed by atoms with Crippen molar-refractivity contribution in [3.05, 3.63) is 29.8 Å². The molecular formula is C16H23N3O2. The van der Waals surface area contributed by atoms with Crippen LogP contribution in [0.15, 0.2) is 24.3 Å². The number of amides is 2. The SMILES string of the molecule is CC(N)c1cccc(NC(=O)N2CCOC3CCCC32)c1. The molecule has 2 aliphatic rings. The van der Waals surface area contributed by atoms with E-state index in [0.717, 1.165) is 30.5 Å². The van der Waals surface area contributed by atoms with Gasteiger partial charge in [-0.25, -0.2) is 4.79 Å². The van der Waals surface area contributed by atoms with Crippen molar-refractivity contribution in [3.63, 3.8) is 0 Å². The highest BCUT2D eigenvalue weighted by atomic mass is 16.5. The zero-order chi connectivity index (χ0) is 14.8. The summed E-state index contributed by atoms with van der Waals surface area (Å²) in [5, 5.41) is 3.00. The number of carbonyl (C=O) groups excluding carboxylic acids is 1. The van der Waals surface area contributed by atoms with Crippen molar-refractivity contribution >= 4 is 11.7 Å². The molecule has 0 spiro atoms. The number of hydrogen-bond donors (Lipinski definition) is 2. The fraction of sp³-hybridized carbons (Fsp3) is 0.562. The summed E-state index contributed by atoms with van der Waals surface area (Å²) in [6, 6.07) is 7.90. The molecule has 5 nitrogen and oxygen atoms in total. The molecule has 0 aromatic heterocycles. The zero-order valence-electron chi connectivity index (χ0n) is 12.4. The lowest BCUT2D eigenvalue weighted by Gasteiger charge is -2.37. The molecular weight excluding hydrogens is 266 g/mol. The first-order chi connectivity index (χ1) is 10.1. The molecule has 3 rings (SSSR count). The maximum atomic E-state index is 12.5. The van der Waals surface area contributed by atoms with E-state index in [-0.39, 0.29) is 24.2 Å². The number of morpholine rings is 1. The Labute approximate surface area is 125 Å². The molecule has 1 saturated heterocycles. The van der Waals surface area contributed by atoms with E-state index >= 15 is 0 Å². The predicted octanol–water partition coefficient (Wildman–Crippen LogP) is 2.49. The minimum Gasteiger partial charge on any atom is -0.374 e. The number of nitrogens with two attached hydrogens (primary N) is 1. The Bertz CT molecular complexity index is 518. The van der Waals surface area contributed by atoms with Gasteiger partial charge in [-0.15, -0.1) is 0 Å². The third kappa shape index (κ3) is 3.04. The largest absolute Gasteiger partial charge is 0.374 e. The number of carbonyl (C=O) groups is 1. The van der Waals surface area contributed by atoms with Crippen LogP contribution in [0.3, 0.4) is 0 Å². The Morgan fingerprint density at radius 3 is 3.14 bits per heavy atom. The van der Waals surface area contributed by atoms with Crippen molar-refractivity contribution in [3.8, 4) is 0 Å². The van der Waals surface area contributed by atoms with E-state index < -0.39 is 0 Å². The number of ether oxygens (including phenoxy) is 1. The van der Waals surface area contributed by atoms with Gasteiger partial charge in [0.05, 0.1) is 18.8 Å². The van der Waals surface area contributed by atoms with Crippen molar-refractivity contribution in [1.29, 1.82) is 0 Å². The lowest BCUT2D eigenvalue weighted by Crippen LogP contribution is -2.52. The average molecular weight is 289 g/mol. The van der Waals surface area contributed by atoms with Crippen LogP contribution in [0.1, 0.15) is 37.8 Å². The summed E-state index contributed by atoms with van der Waals surface area (Å²) in [4.78, 5) is 14.4. The van der Waals surface area contributed by atoms with Crippen molar-refractivity contribution in [2.45, 2.75) is 44.4 Å². The van der Waals surface area contributed by atoms with E-state index in [1.165, 1.54) is 0 Å². The van der Waals surface area contributed by atoms with Crippen LogP contribution in [-0.4, -0.2) is 36.2 Å². The summed E-state index contributed by atoms with van der Waals surface area (Å²) < 4.78 is 5.74. The van der Waals surface area contributed by atoms with Gasteiger partial charge >= 0.3 is 6.03 Å². The van der Waals surface area contributed by atoms with Crippen LogP contribution >= 0.6 is 0 Å². The van der Waals surface area contributed by atoms with Crippen LogP contribution in [0.2, 0.25) is 0 Å². The molecule has 1 heterocycles. The molecule has 1 aromatic rings. The predicted molar refractivity (Wildman–Crippen MR) is 82.1 cm³/mol. The van der Waals surface area contributed by atoms with Gasteiger partial charge in [-0.2, -0.15) is 0 Å². The van der Waals surface area contributed by atoms with Gasteiger partial charge in [0.1, 0.15) is 0 Å². The first-order valence-corrected chi connectivity index (χ1v) is 7.70. The summed E-state index contributed by atoms with van der Waals surface area (Å²) in [6.07, 6.45) is 3.46. The van der Waals surface area contributed by atoms with Gasteiger partial charge in [0.25, 0.3) is 0 Å². The van der Waals surface area contributed by atoms with E-state index in [1.807, 2.05) is 36.1 Å². The smallest absolute Gasteiger partial charge is 0.322 e. The second-order valence-corrected chi connectivity index (χ2v) is 5.95. The lowest BCUT2D eigenvalue weighted by atomic mass is 10.1. The highest BCUT2D eigenvalue weighted by Gasteiger charge is 2.38. The number of hydrogen-bond acceptors (Lipinski definition) is 3. The van der Waals surface area contributed by atoms with Gasteiger partial charge in [-0.05, 0) is 43.9 Å². The molecule has 5 heteroatoms. The maximum absolute atomic E-state index is 12.5. The summed E-state index contributed by atoms with van der Waals surface area (Å²) in [5.41, 5.74) is 7.71. The van der Waals surface area contributed by atoms with Gasteiger partial charge in [-0.1, -0.05) is 12.1 Å². The highest BCUT2D eigenvalue weighted by Crippen LogP contribution is 2.30. The summed E-state index contributed by atoms with van der Waals surface area (Å²) in [5.74, 6) is 0. The van der Waals surface area contributed by atoms with Crippen molar-refractivity contribution in [2.75, 3.05) is 18.5 Å². The highest BCUT2D eigenvalue weighted by molar-refractivity contribution is 5.89. The molecule has 114 valence electrons. The third-order valence-electron chi connectivity index (χ3n) is 4.41. The Balaban J connectivity index is 1.69. The van der Waals surface area contributed by atoms with Gasteiger partial charge in [0, 0.05) is 18.3 Å². The zero-order valence-corrected chi connectivity index (χ0v) is 12.4. The van der Waals surface area contributed by atoms with E-state index in [9.17, 15) is 4.79 Å². The Kier molecular flexibility index (Phi) is 4.12.